The van der Waals surface area contributed by atoms with Crippen molar-refractivity contribution in [3.05, 3.63) is 63.9 Å². The van der Waals surface area contributed by atoms with E-state index in [1.54, 1.807) is 25.1 Å². The van der Waals surface area contributed by atoms with Gasteiger partial charge in [0.05, 0.1) is 6.10 Å². The highest BCUT2D eigenvalue weighted by Crippen LogP contribution is 2.27. The molecule has 0 unspecified atom stereocenters. The molecule has 20 heavy (non-hydrogen) atoms. The third kappa shape index (κ3) is 3.50. The summed E-state index contributed by atoms with van der Waals surface area (Å²) in [6.45, 7) is 3.70. The molecule has 0 saturated heterocycles. The fourth-order valence-electron chi connectivity index (χ4n) is 1.92. The Morgan fingerprint density at radius 2 is 2.00 bits per heavy atom. The predicted octanol–water partition coefficient (Wildman–Crippen LogP) is 4.42. The van der Waals surface area contributed by atoms with E-state index in [4.69, 9.17) is 16.3 Å². The summed E-state index contributed by atoms with van der Waals surface area (Å²) in [6, 6.07) is 10.00. The van der Waals surface area contributed by atoms with Crippen LogP contribution in [0.15, 0.2) is 36.4 Å². The van der Waals surface area contributed by atoms with E-state index < -0.39 is 11.9 Å². The van der Waals surface area contributed by atoms with E-state index in [-0.39, 0.29) is 6.61 Å². The van der Waals surface area contributed by atoms with Crippen LogP contribution in [0.1, 0.15) is 29.7 Å². The Hall–Kier alpha value is -1.58. The minimum absolute atomic E-state index is 0.0891. The van der Waals surface area contributed by atoms with Crippen molar-refractivity contribution in [1.29, 1.82) is 0 Å². The van der Waals surface area contributed by atoms with E-state index in [0.29, 0.717) is 21.9 Å². The van der Waals surface area contributed by atoms with Gasteiger partial charge in [0, 0.05) is 16.1 Å². The van der Waals surface area contributed by atoms with Crippen LogP contribution in [0.4, 0.5) is 4.39 Å². The van der Waals surface area contributed by atoms with Gasteiger partial charge in [0.2, 0.25) is 0 Å². The monoisotopic (exact) mass is 294 g/mol. The molecule has 0 aliphatic heterocycles. The van der Waals surface area contributed by atoms with E-state index in [9.17, 15) is 9.50 Å². The summed E-state index contributed by atoms with van der Waals surface area (Å²) >= 11 is 5.70. The van der Waals surface area contributed by atoms with Gasteiger partial charge in [0.15, 0.2) is 0 Å². The second-order valence-electron chi connectivity index (χ2n) is 4.74. The van der Waals surface area contributed by atoms with Gasteiger partial charge < -0.3 is 9.84 Å². The summed E-state index contributed by atoms with van der Waals surface area (Å²) in [5.74, 6) is 0.156. The third-order valence-electron chi connectivity index (χ3n) is 3.01. The Morgan fingerprint density at radius 3 is 2.65 bits per heavy atom. The van der Waals surface area contributed by atoms with E-state index in [1.807, 2.05) is 19.1 Å². The first-order chi connectivity index (χ1) is 9.47. The normalized spacial score (nSPS) is 12.2. The summed E-state index contributed by atoms with van der Waals surface area (Å²) in [6.07, 6.45) is -0.639. The summed E-state index contributed by atoms with van der Waals surface area (Å²) in [4.78, 5) is 0. The van der Waals surface area contributed by atoms with E-state index >= 15 is 0 Å². The van der Waals surface area contributed by atoms with Crippen LogP contribution in [0.2, 0.25) is 5.02 Å². The van der Waals surface area contributed by atoms with E-state index in [1.165, 1.54) is 6.07 Å². The molecule has 0 amide bonds. The zero-order chi connectivity index (χ0) is 14.7. The van der Waals surface area contributed by atoms with Crippen LogP contribution in [-0.2, 0) is 6.61 Å². The predicted molar refractivity (Wildman–Crippen MR) is 77.6 cm³/mol. The Bertz CT molecular complexity index is 611. The fraction of sp³-hybridized carbons (Fsp3) is 0.250. The maximum absolute atomic E-state index is 13.7. The minimum Gasteiger partial charge on any atom is -0.488 e. The van der Waals surface area contributed by atoms with Gasteiger partial charge in [0.25, 0.3) is 0 Å². The van der Waals surface area contributed by atoms with E-state index in [2.05, 4.69) is 0 Å². The number of ether oxygens (including phenoxy) is 1. The Balaban J connectivity index is 2.18. The number of aliphatic hydroxyl groups excluding tert-OH is 1. The molecule has 106 valence electrons. The summed E-state index contributed by atoms with van der Waals surface area (Å²) in [5, 5.41) is 10.1. The largest absolute Gasteiger partial charge is 0.488 e. The first kappa shape index (κ1) is 14.8. The number of aliphatic hydroxyl groups is 1. The van der Waals surface area contributed by atoms with Gasteiger partial charge >= 0.3 is 0 Å². The third-order valence-corrected chi connectivity index (χ3v) is 3.25. The molecule has 0 radical (unpaired) electrons. The van der Waals surface area contributed by atoms with Crippen LogP contribution in [0.5, 0.6) is 5.75 Å². The average molecular weight is 295 g/mol. The van der Waals surface area contributed by atoms with Gasteiger partial charge in [0.1, 0.15) is 18.2 Å². The molecular weight excluding hydrogens is 279 g/mol. The summed E-state index contributed by atoms with van der Waals surface area (Å²) in [7, 11) is 0. The van der Waals surface area contributed by atoms with Crippen molar-refractivity contribution in [3.8, 4) is 5.75 Å². The van der Waals surface area contributed by atoms with Gasteiger partial charge in [-0.25, -0.2) is 4.39 Å². The number of halogens is 2. The first-order valence-electron chi connectivity index (χ1n) is 6.32. The van der Waals surface area contributed by atoms with Crippen LogP contribution in [0.25, 0.3) is 0 Å². The molecule has 0 aliphatic rings. The van der Waals surface area contributed by atoms with Gasteiger partial charge in [-0.3, -0.25) is 0 Å². The highest BCUT2D eigenvalue weighted by atomic mass is 35.5. The van der Waals surface area contributed by atoms with Gasteiger partial charge in [-0.15, -0.1) is 0 Å². The van der Waals surface area contributed by atoms with Crippen molar-refractivity contribution in [2.75, 3.05) is 0 Å². The molecule has 2 rings (SSSR count). The molecule has 2 nitrogen and oxygen atoms in total. The molecule has 0 saturated carbocycles. The average Bonchev–Trinajstić information content (AvgIpc) is 2.38. The zero-order valence-corrected chi connectivity index (χ0v) is 12.1. The molecule has 1 N–H and O–H groups in total. The maximum Gasteiger partial charge on any atom is 0.131 e. The molecule has 0 heterocycles. The Morgan fingerprint density at radius 1 is 1.25 bits per heavy atom. The molecule has 0 spiro atoms. The fourth-order valence-corrected chi connectivity index (χ4v) is 2.08. The molecule has 2 aromatic rings. The zero-order valence-electron chi connectivity index (χ0n) is 11.4. The highest BCUT2D eigenvalue weighted by Gasteiger charge is 2.11. The standard InChI is InChI=1S/C16H16ClFO2/c1-10-3-6-16(14(7-10)11(2)19)20-9-12-4-5-13(17)8-15(12)18/h3-8,11,19H,9H2,1-2H3/t11-/m0/s1. The van der Waals surface area contributed by atoms with E-state index in [0.717, 1.165) is 5.56 Å². The van der Waals surface area contributed by atoms with Crippen LogP contribution in [-0.4, -0.2) is 5.11 Å². The molecule has 1 atom stereocenters. The van der Waals surface area contributed by atoms with Crippen molar-refractivity contribution < 1.29 is 14.2 Å². The Kier molecular flexibility index (Phi) is 4.63. The number of aryl methyl sites for hydroxylation is 1. The molecule has 0 bridgehead atoms. The molecule has 0 aliphatic carbocycles. The van der Waals surface area contributed by atoms with Crippen molar-refractivity contribution >= 4 is 11.6 Å². The second kappa shape index (κ2) is 6.25. The number of hydrogen-bond acceptors (Lipinski definition) is 2. The highest BCUT2D eigenvalue weighted by molar-refractivity contribution is 6.30. The second-order valence-corrected chi connectivity index (χ2v) is 5.18. The lowest BCUT2D eigenvalue weighted by Crippen LogP contribution is -2.03. The van der Waals surface area contributed by atoms with Crippen LogP contribution >= 0.6 is 11.6 Å². The maximum atomic E-state index is 13.7. The smallest absolute Gasteiger partial charge is 0.131 e. The summed E-state index contributed by atoms with van der Waals surface area (Å²) < 4.78 is 19.3. The SMILES string of the molecule is Cc1ccc(OCc2ccc(Cl)cc2F)c([C@H](C)O)c1. The lowest BCUT2D eigenvalue weighted by Gasteiger charge is -2.14. The van der Waals surface area contributed by atoms with Crippen LogP contribution < -0.4 is 4.74 Å². The Labute approximate surface area is 122 Å². The quantitative estimate of drug-likeness (QED) is 0.904. The van der Waals surface area contributed by atoms with Crippen molar-refractivity contribution in [2.45, 2.75) is 26.6 Å². The van der Waals surface area contributed by atoms with Crippen molar-refractivity contribution in [2.24, 2.45) is 0 Å². The molecule has 0 aromatic heterocycles. The lowest BCUT2D eigenvalue weighted by atomic mass is 10.1. The van der Waals surface area contributed by atoms with Crippen LogP contribution in [0, 0.1) is 12.7 Å². The van der Waals surface area contributed by atoms with Crippen LogP contribution in [0.3, 0.4) is 0 Å². The number of rotatable bonds is 4. The lowest BCUT2D eigenvalue weighted by molar-refractivity contribution is 0.189. The number of hydrogen-bond donors (Lipinski definition) is 1. The molecule has 2 aromatic carbocycles. The molecule has 0 fully saturated rings. The summed E-state index contributed by atoms with van der Waals surface area (Å²) in [5.41, 5.74) is 2.15. The van der Waals surface area contributed by atoms with Crippen molar-refractivity contribution in [3.63, 3.8) is 0 Å². The first-order valence-corrected chi connectivity index (χ1v) is 6.70. The van der Waals surface area contributed by atoms with Gasteiger partial charge in [-0.2, -0.15) is 0 Å². The number of benzene rings is 2. The van der Waals surface area contributed by atoms with Crippen molar-refractivity contribution in [1.82, 2.24) is 0 Å². The minimum atomic E-state index is -0.639. The topological polar surface area (TPSA) is 29.5 Å². The molecule has 4 heteroatoms. The molecular formula is C16H16ClFO2. The van der Waals surface area contributed by atoms with Gasteiger partial charge in [-0.1, -0.05) is 29.3 Å². The van der Waals surface area contributed by atoms with Gasteiger partial charge in [-0.05, 0) is 38.1 Å².